The third-order valence-corrected chi connectivity index (χ3v) is 7.85. The van der Waals surface area contributed by atoms with E-state index in [2.05, 4.69) is 5.32 Å². The zero-order valence-electron chi connectivity index (χ0n) is 16.1. The number of aryl methyl sites for hydroxylation is 2. The van der Waals surface area contributed by atoms with Crippen LogP contribution in [0.3, 0.4) is 0 Å². The number of hydrogen-bond donors (Lipinski definition) is 1. The van der Waals surface area contributed by atoms with Crippen LogP contribution >= 0.6 is 11.3 Å². The first-order chi connectivity index (χ1) is 12.8. The maximum absolute atomic E-state index is 12.5. The van der Waals surface area contributed by atoms with Crippen LogP contribution in [0, 0.1) is 13.8 Å². The van der Waals surface area contributed by atoms with Crippen LogP contribution in [0.1, 0.15) is 29.9 Å². The van der Waals surface area contributed by atoms with E-state index in [0.29, 0.717) is 23.0 Å². The van der Waals surface area contributed by atoms with Crippen LogP contribution in [0.2, 0.25) is 0 Å². The Morgan fingerprint density at radius 3 is 2.44 bits per heavy atom. The molecule has 8 heteroatoms. The van der Waals surface area contributed by atoms with E-state index in [1.54, 1.807) is 12.1 Å². The lowest BCUT2D eigenvalue weighted by Gasteiger charge is -2.16. The predicted octanol–water partition coefficient (Wildman–Crippen LogP) is 3.09. The summed E-state index contributed by atoms with van der Waals surface area (Å²) in [6.45, 7) is 8.67. The highest BCUT2D eigenvalue weighted by Crippen LogP contribution is 2.24. The number of rotatable bonds is 9. The minimum absolute atomic E-state index is 0.0848. The number of benzene rings is 1. The van der Waals surface area contributed by atoms with Crippen LogP contribution in [0.4, 0.5) is 0 Å². The third-order valence-electron chi connectivity index (χ3n) is 4.24. The molecule has 2 rings (SSSR count). The smallest absolute Gasteiger partial charge is 0.258 e. The molecule has 148 valence electrons. The van der Waals surface area contributed by atoms with Crippen molar-refractivity contribution in [3.8, 4) is 5.75 Å². The molecule has 1 N–H and O–H groups in total. The van der Waals surface area contributed by atoms with E-state index in [4.69, 9.17) is 4.74 Å². The molecule has 0 spiro atoms. The van der Waals surface area contributed by atoms with Gasteiger partial charge in [-0.3, -0.25) is 4.79 Å². The monoisotopic (exact) mass is 410 g/mol. The van der Waals surface area contributed by atoms with Gasteiger partial charge < -0.3 is 10.1 Å². The second-order valence-corrected chi connectivity index (χ2v) is 9.45. The molecule has 1 amide bonds. The Bertz CT molecular complexity index is 887. The van der Waals surface area contributed by atoms with Crippen LogP contribution in [-0.2, 0) is 21.4 Å². The molecule has 0 aliphatic heterocycles. The summed E-state index contributed by atoms with van der Waals surface area (Å²) in [5.74, 6) is 0.395. The van der Waals surface area contributed by atoms with E-state index < -0.39 is 10.0 Å². The molecule has 6 nitrogen and oxygen atoms in total. The Morgan fingerprint density at radius 2 is 1.81 bits per heavy atom. The van der Waals surface area contributed by atoms with E-state index >= 15 is 0 Å². The van der Waals surface area contributed by atoms with Crippen LogP contribution in [0.15, 0.2) is 34.5 Å². The Kier molecular flexibility index (Phi) is 7.41. The zero-order valence-corrected chi connectivity index (χ0v) is 17.7. The third kappa shape index (κ3) is 5.54. The van der Waals surface area contributed by atoms with Gasteiger partial charge in [0.15, 0.2) is 6.61 Å². The van der Waals surface area contributed by atoms with Gasteiger partial charge in [0.1, 0.15) is 9.96 Å². The van der Waals surface area contributed by atoms with Gasteiger partial charge in [0.25, 0.3) is 15.9 Å². The Morgan fingerprint density at radius 1 is 1.11 bits per heavy atom. The summed E-state index contributed by atoms with van der Waals surface area (Å²) in [5, 5.41) is 2.76. The summed E-state index contributed by atoms with van der Waals surface area (Å²) in [5.41, 5.74) is 2.27. The van der Waals surface area contributed by atoms with Gasteiger partial charge in [-0.05, 0) is 49.2 Å². The standard InChI is InChI=1S/C19H26N2O4S2/c1-5-21(6-2)27(23,24)19-10-9-17(26-19)12-20-18(22)13-25-16-8-7-14(3)15(4)11-16/h7-11H,5-6,12-13H2,1-4H3,(H,20,22). The van der Waals surface area contributed by atoms with Crippen molar-refractivity contribution >= 4 is 27.3 Å². The van der Waals surface area contributed by atoms with Gasteiger partial charge in [-0.15, -0.1) is 11.3 Å². The summed E-state index contributed by atoms with van der Waals surface area (Å²) < 4.78 is 32.2. The maximum atomic E-state index is 12.5. The maximum Gasteiger partial charge on any atom is 0.258 e. The van der Waals surface area contributed by atoms with Crippen molar-refractivity contribution in [2.24, 2.45) is 0 Å². The van der Waals surface area contributed by atoms with Crippen LogP contribution < -0.4 is 10.1 Å². The quantitative estimate of drug-likeness (QED) is 0.689. The first-order valence-corrected chi connectivity index (χ1v) is 11.1. The molecule has 0 bridgehead atoms. The summed E-state index contributed by atoms with van der Waals surface area (Å²) in [7, 11) is -3.46. The van der Waals surface area contributed by atoms with Crippen molar-refractivity contribution in [3.63, 3.8) is 0 Å². The fourth-order valence-corrected chi connectivity index (χ4v) is 5.38. The fraction of sp³-hybridized carbons (Fsp3) is 0.421. The Hall–Kier alpha value is -1.90. The highest BCUT2D eigenvalue weighted by atomic mass is 32.2. The molecule has 0 saturated carbocycles. The molecule has 2 aromatic rings. The molecule has 0 radical (unpaired) electrons. The van der Waals surface area contributed by atoms with Crippen molar-refractivity contribution in [2.45, 2.75) is 38.4 Å². The van der Waals surface area contributed by atoms with Crippen molar-refractivity contribution in [1.29, 1.82) is 0 Å². The largest absolute Gasteiger partial charge is 0.484 e. The summed E-state index contributed by atoms with van der Waals surface area (Å²) in [6, 6.07) is 8.99. The van der Waals surface area contributed by atoms with Gasteiger partial charge in [0.2, 0.25) is 0 Å². The highest BCUT2D eigenvalue weighted by Gasteiger charge is 2.23. The number of nitrogens with zero attached hydrogens (tertiary/aromatic N) is 1. The van der Waals surface area contributed by atoms with E-state index in [1.165, 1.54) is 21.2 Å². The molecule has 0 saturated heterocycles. The van der Waals surface area contributed by atoms with E-state index in [-0.39, 0.29) is 19.1 Å². The van der Waals surface area contributed by atoms with Crippen LogP contribution in [0.25, 0.3) is 0 Å². The number of nitrogens with one attached hydrogen (secondary N) is 1. The topological polar surface area (TPSA) is 75.7 Å². The molecule has 0 aliphatic carbocycles. The van der Waals surface area contributed by atoms with Crippen molar-refractivity contribution in [2.75, 3.05) is 19.7 Å². The van der Waals surface area contributed by atoms with Crippen molar-refractivity contribution in [3.05, 3.63) is 46.3 Å². The molecule has 0 fully saturated rings. The molecule has 0 unspecified atom stereocenters. The lowest BCUT2D eigenvalue weighted by molar-refractivity contribution is -0.123. The summed E-state index contributed by atoms with van der Waals surface area (Å²) in [4.78, 5) is 12.8. The Balaban J connectivity index is 1.88. The molecular weight excluding hydrogens is 384 g/mol. The number of sulfonamides is 1. The number of thiophene rings is 1. The lowest BCUT2D eigenvalue weighted by Crippen LogP contribution is -2.30. The molecule has 0 atom stereocenters. The van der Waals surface area contributed by atoms with Gasteiger partial charge in [0.05, 0.1) is 6.54 Å². The lowest BCUT2D eigenvalue weighted by atomic mass is 10.1. The van der Waals surface area contributed by atoms with Crippen LogP contribution in [0.5, 0.6) is 5.75 Å². The number of ether oxygens (including phenoxy) is 1. The normalized spacial score (nSPS) is 11.6. The number of carbonyl (C=O) groups is 1. The van der Waals surface area contributed by atoms with Crippen LogP contribution in [-0.4, -0.2) is 38.3 Å². The summed E-state index contributed by atoms with van der Waals surface area (Å²) in [6.07, 6.45) is 0. The Labute approximate surface area is 165 Å². The molecule has 1 heterocycles. The van der Waals surface area contributed by atoms with Gasteiger partial charge in [-0.2, -0.15) is 4.31 Å². The van der Waals surface area contributed by atoms with Crippen molar-refractivity contribution in [1.82, 2.24) is 9.62 Å². The minimum Gasteiger partial charge on any atom is -0.484 e. The van der Waals surface area contributed by atoms with Crippen molar-refractivity contribution < 1.29 is 17.9 Å². The van der Waals surface area contributed by atoms with Gasteiger partial charge in [0, 0.05) is 18.0 Å². The van der Waals surface area contributed by atoms with Gasteiger partial charge >= 0.3 is 0 Å². The average Bonchev–Trinajstić information content (AvgIpc) is 3.11. The highest BCUT2D eigenvalue weighted by molar-refractivity contribution is 7.91. The molecule has 1 aromatic heterocycles. The average molecular weight is 411 g/mol. The molecule has 1 aromatic carbocycles. The van der Waals surface area contributed by atoms with Gasteiger partial charge in [-0.1, -0.05) is 19.9 Å². The first-order valence-electron chi connectivity index (χ1n) is 8.83. The number of carbonyl (C=O) groups excluding carboxylic acids is 1. The SMILES string of the molecule is CCN(CC)S(=O)(=O)c1ccc(CNC(=O)COc2ccc(C)c(C)c2)s1. The zero-order chi connectivity index (χ0) is 20.0. The number of hydrogen-bond acceptors (Lipinski definition) is 5. The predicted molar refractivity (Wildman–Crippen MR) is 108 cm³/mol. The second-order valence-electron chi connectivity index (χ2n) is 6.12. The molecule has 27 heavy (non-hydrogen) atoms. The fourth-order valence-electron chi connectivity index (χ4n) is 2.47. The second kappa shape index (κ2) is 9.34. The molecule has 0 aliphatic rings. The number of amides is 1. The van der Waals surface area contributed by atoms with Gasteiger partial charge in [-0.25, -0.2) is 8.42 Å². The summed E-state index contributed by atoms with van der Waals surface area (Å²) >= 11 is 1.17. The first kappa shape index (κ1) is 21.4. The van der Waals surface area contributed by atoms with E-state index in [9.17, 15) is 13.2 Å². The molecular formula is C19H26N2O4S2. The van der Waals surface area contributed by atoms with E-state index in [1.807, 2.05) is 45.9 Å². The van der Waals surface area contributed by atoms with E-state index in [0.717, 1.165) is 10.4 Å². The minimum atomic E-state index is -3.46.